The Bertz CT molecular complexity index is 725. The van der Waals surface area contributed by atoms with E-state index in [9.17, 15) is 9.59 Å². The van der Waals surface area contributed by atoms with Crippen LogP contribution in [-0.2, 0) is 4.79 Å². The maximum Gasteiger partial charge on any atom is 0.251 e. The molecule has 1 saturated heterocycles. The molecule has 0 bridgehead atoms. The van der Waals surface area contributed by atoms with Gasteiger partial charge in [-0.05, 0) is 37.0 Å². The van der Waals surface area contributed by atoms with Crippen LogP contribution in [0, 0.1) is 5.92 Å². The highest BCUT2D eigenvalue weighted by Gasteiger charge is 2.22. The number of aliphatic imine (C=N–C) groups is 1. The largest absolute Gasteiger partial charge is 0.359 e. The summed E-state index contributed by atoms with van der Waals surface area (Å²) in [4.78, 5) is 30.2. The Morgan fingerprint density at radius 2 is 1.79 bits per heavy atom. The molecule has 2 amide bonds. The summed E-state index contributed by atoms with van der Waals surface area (Å²) in [7, 11) is 3.41. The number of guanidine groups is 1. The van der Waals surface area contributed by atoms with Crippen LogP contribution in [0.4, 0.5) is 0 Å². The van der Waals surface area contributed by atoms with Gasteiger partial charge in [-0.25, -0.2) is 0 Å². The van der Waals surface area contributed by atoms with Crippen LogP contribution in [0.1, 0.15) is 29.6 Å². The molecule has 0 unspecified atom stereocenters. The maximum atomic E-state index is 12.2. The summed E-state index contributed by atoms with van der Waals surface area (Å²) in [5.41, 5.74) is 0.469. The van der Waals surface area contributed by atoms with Gasteiger partial charge < -0.3 is 20.9 Å². The second-order valence-corrected chi connectivity index (χ2v) is 7.48. The van der Waals surface area contributed by atoms with Crippen molar-refractivity contribution in [1.29, 1.82) is 0 Å². The van der Waals surface area contributed by atoms with E-state index in [1.54, 1.807) is 32.3 Å². The molecule has 0 aromatic heterocycles. The van der Waals surface area contributed by atoms with Gasteiger partial charge in [-0.3, -0.25) is 14.6 Å². The van der Waals surface area contributed by atoms with Crippen LogP contribution >= 0.6 is 47.2 Å². The molecule has 10 heteroatoms. The highest BCUT2D eigenvalue weighted by molar-refractivity contribution is 14.0. The summed E-state index contributed by atoms with van der Waals surface area (Å²) >= 11 is 11.8. The number of likely N-dealkylation sites (tertiary alicyclic amines) is 1. The average molecular weight is 556 g/mol. The van der Waals surface area contributed by atoms with Crippen LogP contribution in [0.5, 0.6) is 0 Å². The Labute approximate surface area is 199 Å². The summed E-state index contributed by atoms with van der Waals surface area (Å²) in [5, 5.41) is 9.56. The van der Waals surface area contributed by atoms with Gasteiger partial charge in [-0.15, -0.1) is 24.0 Å². The zero-order valence-electron chi connectivity index (χ0n) is 16.6. The van der Waals surface area contributed by atoms with Gasteiger partial charge >= 0.3 is 0 Å². The standard InChI is InChI=1S/C19H27Cl2N5O2.HI/c1-22-17(27)11-13-5-9-26(10-6-13)19(23-2)25-8-7-24-18(28)14-3-4-15(20)16(21)12-14;/h3-4,12-13H,5-11H2,1-2H3,(H,22,27)(H,23,25)(H,24,28);1H. The second kappa shape index (κ2) is 13.1. The minimum Gasteiger partial charge on any atom is -0.359 e. The van der Waals surface area contributed by atoms with Crippen molar-refractivity contribution in [3.8, 4) is 0 Å². The molecule has 0 aliphatic carbocycles. The number of carbonyl (C=O) groups is 2. The van der Waals surface area contributed by atoms with Gasteiger partial charge in [-0.2, -0.15) is 0 Å². The minimum absolute atomic E-state index is 0. The van der Waals surface area contributed by atoms with Gasteiger partial charge in [0.25, 0.3) is 5.91 Å². The van der Waals surface area contributed by atoms with Gasteiger partial charge in [0, 0.05) is 52.3 Å². The van der Waals surface area contributed by atoms with E-state index in [1.807, 2.05) is 0 Å². The van der Waals surface area contributed by atoms with Gasteiger partial charge in [0.1, 0.15) is 0 Å². The number of rotatable bonds is 6. The first-order valence-corrected chi connectivity index (χ1v) is 10.1. The maximum absolute atomic E-state index is 12.2. The number of nitrogens with one attached hydrogen (secondary N) is 3. The Morgan fingerprint density at radius 3 is 2.38 bits per heavy atom. The van der Waals surface area contributed by atoms with E-state index in [0.717, 1.165) is 31.9 Å². The molecular weight excluding hydrogens is 528 g/mol. The van der Waals surface area contributed by atoms with Crippen molar-refractivity contribution in [3.05, 3.63) is 33.8 Å². The average Bonchev–Trinajstić information content (AvgIpc) is 2.70. The first-order chi connectivity index (χ1) is 13.4. The summed E-state index contributed by atoms with van der Waals surface area (Å²) in [6.45, 7) is 2.72. The van der Waals surface area contributed by atoms with Gasteiger partial charge in [0.2, 0.25) is 5.91 Å². The van der Waals surface area contributed by atoms with Crippen LogP contribution < -0.4 is 16.0 Å². The van der Waals surface area contributed by atoms with E-state index in [4.69, 9.17) is 23.2 Å². The normalized spacial score (nSPS) is 14.8. The summed E-state index contributed by atoms with van der Waals surface area (Å²) < 4.78 is 0. The highest BCUT2D eigenvalue weighted by atomic mass is 127. The smallest absolute Gasteiger partial charge is 0.251 e. The molecule has 1 aliphatic heterocycles. The lowest BCUT2D eigenvalue weighted by Crippen LogP contribution is -2.47. The molecule has 162 valence electrons. The quantitative estimate of drug-likeness (QED) is 0.218. The summed E-state index contributed by atoms with van der Waals surface area (Å²) in [6.07, 6.45) is 2.50. The summed E-state index contributed by atoms with van der Waals surface area (Å²) in [6, 6.07) is 4.79. The molecule has 0 spiro atoms. The Kier molecular flexibility index (Phi) is 11.7. The SMILES string of the molecule is CN=C(NCCNC(=O)c1ccc(Cl)c(Cl)c1)N1CCC(CC(=O)NC)CC1.I. The van der Waals surface area contributed by atoms with E-state index in [1.165, 1.54) is 0 Å². The molecule has 0 atom stereocenters. The molecule has 29 heavy (non-hydrogen) atoms. The van der Waals surface area contributed by atoms with Crippen molar-refractivity contribution < 1.29 is 9.59 Å². The topological polar surface area (TPSA) is 85.8 Å². The lowest BCUT2D eigenvalue weighted by molar-refractivity contribution is -0.121. The highest BCUT2D eigenvalue weighted by Crippen LogP contribution is 2.22. The number of carbonyl (C=O) groups excluding carboxylic acids is 2. The number of benzene rings is 1. The van der Waals surface area contributed by atoms with E-state index in [-0.39, 0.29) is 35.8 Å². The number of hydrogen-bond donors (Lipinski definition) is 3. The third-order valence-electron chi connectivity index (χ3n) is 4.75. The fraction of sp³-hybridized carbons (Fsp3) is 0.526. The van der Waals surface area contributed by atoms with E-state index < -0.39 is 0 Å². The van der Waals surface area contributed by atoms with Gasteiger partial charge in [-0.1, -0.05) is 23.2 Å². The summed E-state index contributed by atoms with van der Waals surface area (Å²) in [5.74, 6) is 1.12. The van der Waals surface area contributed by atoms with Crippen molar-refractivity contribution in [2.75, 3.05) is 40.3 Å². The lowest BCUT2D eigenvalue weighted by Gasteiger charge is -2.34. The molecule has 2 rings (SSSR count). The van der Waals surface area contributed by atoms with Crippen molar-refractivity contribution >= 4 is 65.0 Å². The first-order valence-electron chi connectivity index (χ1n) is 9.34. The van der Waals surface area contributed by atoms with Crippen LogP contribution in [0.2, 0.25) is 10.0 Å². The number of amides is 2. The zero-order chi connectivity index (χ0) is 20.5. The predicted molar refractivity (Wildman–Crippen MR) is 129 cm³/mol. The van der Waals surface area contributed by atoms with Crippen LogP contribution in [0.3, 0.4) is 0 Å². The third-order valence-corrected chi connectivity index (χ3v) is 5.49. The molecule has 1 heterocycles. The Hall–Kier alpha value is -1.26. The first kappa shape index (κ1) is 25.8. The van der Waals surface area contributed by atoms with E-state index in [2.05, 4.69) is 25.8 Å². The van der Waals surface area contributed by atoms with Crippen LogP contribution in [-0.4, -0.2) is 62.9 Å². The Morgan fingerprint density at radius 1 is 1.14 bits per heavy atom. The molecule has 3 N–H and O–H groups in total. The number of hydrogen-bond acceptors (Lipinski definition) is 3. The Balaban J connectivity index is 0.00000420. The lowest BCUT2D eigenvalue weighted by atomic mass is 9.93. The fourth-order valence-electron chi connectivity index (χ4n) is 3.14. The van der Waals surface area contributed by atoms with E-state index >= 15 is 0 Å². The van der Waals surface area contributed by atoms with Crippen molar-refractivity contribution in [3.63, 3.8) is 0 Å². The molecule has 1 fully saturated rings. The van der Waals surface area contributed by atoms with Gasteiger partial charge in [0.05, 0.1) is 10.0 Å². The zero-order valence-corrected chi connectivity index (χ0v) is 20.5. The number of piperidine rings is 1. The van der Waals surface area contributed by atoms with Crippen LogP contribution in [0.15, 0.2) is 23.2 Å². The third kappa shape index (κ3) is 8.18. The van der Waals surface area contributed by atoms with E-state index in [0.29, 0.717) is 41.0 Å². The molecule has 1 aromatic carbocycles. The molecule has 1 aromatic rings. The van der Waals surface area contributed by atoms with Crippen molar-refractivity contribution in [2.24, 2.45) is 10.9 Å². The van der Waals surface area contributed by atoms with Gasteiger partial charge in [0.15, 0.2) is 5.96 Å². The van der Waals surface area contributed by atoms with Crippen LogP contribution in [0.25, 0.3) is 0 Å². The second-order valence-electron chi connectivity index (χ2n) is 6.67. The molecule has 0 saturated carbocycles. The fourth-order valence-corrected chi connectivity index (χ4v) is 3.43. The molecule has 0 radical (unpaired) electrons. The monoisotopic (exact) mass is 555 g/mol. The number of halogens is 3. The molecule has 7 nitrogen and oxygen atoms in total. The molecular formula is C19H28Cl2IN5O2. The van der Waals surface area contributed by atoms with Crippen molar-refractivity contribution in [2.45, 2.75) is 19.3 Å². The molecule has 1 aliphatic rings. The predicted octanol–water partition coefficient (Wildman–Crippen LogP) is 2.76. The van der Waals surface area contributed by atoms with Crippen molar-refractivity contribution in [1.82, 2.24) is 20.9 Å². The minimum atomic E-state index is -0.203. The number of nitrogens with zero attached hydrogens (tertiary/aromatic N) is 2.